The fraction of sp³-hybridized carbons (Fsp3) is 1.00. The van der Waals surface area contributed by atoms with Crippen molar-refractivity contribution in [1.82, 2.24) is 0 Å². The quantitative estimate of drug-likeness (QED) is 0.575. The third-order valence-electron chi connectivity index (χ3n) is 2.99. The first-order valence-electron chi connectivity index (χ1n) is 5.48. The molecule has 0 heterocycles. The lowest BCUT2D eigenvalue weighted by Gasteiger charge is -2.25. The fourth-order valence-electron chi connectivity index (χ4n) is 2.13. The van der Waals surface area contributed by atoms with E-state index < -0.39 is 0 Å². The Kier molecular flexibility index (Phi) is 5.06. The molecule has 12 heavy (non-hydrogen) atoms. The zero-order chi connectivity index (χ0) is 8.81. The number of halogens is 1. The van der Waals surface area contributed by atoms with Crippen LogP contribution in [0, 0.1) is 5.92 Å². The Morgan fingerprint density at radius 1 is 1.25 bits per heavy atom. The van der Waals surface area contributed by atoms with Gasteiger partial charge in [0.05, 0.1) is 0 Å². The number of rotatable bonds is 4. The number of unbranched alkanes of at least 4 members (excludes halogenated alkanes) is 1. The summed E-state index contributed by atoms with van der Waals surface area (Å²) in [7, 11) is 0. The molecule has 0 amide bonds. The van der Waals surface area contributed by atoms with Crippen LogP contribution in [0.3, 0.4) is 0 Å². The Hall–Kier alpha value is 0.290. The van der Waals surface area contributed by atoms with Gasteiger partial charge in [-0.25, -0.2) is 0 Å². The maximum absolute atomic E-state index is 6.34. The van der Waals surface area contributed by atoms with E-state index in [0.717, 1.165) is 5.92 Å². The molecule has 1 heteroatoms. The van der Waals surface area contributed by atoms with E-state index in [-0.39, 0.29) is 0 Å². The molecule has 0 bridgehead atoms. The predicted molar refractivity (Wildman–Crippen MR) is 55.7 cm³/mol. The van der Waals surface area contributed by atoms with Crippen LogP contribution in [0.4, 0.5) is 0 Å². The van der Waals surface area contributed by atoms with Gasteiger partial charge in [-0.2, -0.15) is 0 Å². The average molecular weight is 189 g/mol. The molecule has 0 N–H and O–H groups in total. The lowest BCUT2D eigenvalue weighted by atomic mass is 9.85. The van der Waals surface area contributed by atoms with Crippen LogP contribution in [0.25, 0.3) is 0 Å². The maximum atomic E-state index is 6.34. The predicted octanol–water partition coefficient (Wildman–Crippen LogP) is 4.36. The lowest BCUT2D eigenvalue weighted by molar-refractivity contribution is 0.334. The van der Waals surface area contributed by atoms with Gasteiger partial charge in [0, 0.05) is 5.38 Å². The summed E-state index contributed by atoms with van der Waals surface area (Å²) >= 11 is 6.34. The highest BCUT2D eigenvalue weighted by atomic mass is 35.5. The van der Waals surface area contributed by atoms with Crippen LogP contribution in [-0.2, 0) is 0 Å². The van der Waals surface area contributed by atoms with Crippen molar-refractivity contribution in [3.63, 3.8) is 0 Å². The van der Waals surface area contributed by atoms with Crippen LogP contribution in [0.5, 0.6) is 0 Å². The van der Waals surface area contributed by atoms with E-state index >= 15 is 0 Å². The van der Waals surface area contributed by atoms with Gasteiger partial charge in [0.15, 0.2) is 0 Å². The zero-order valence-corrected chi connectivity index (χ0v) is 8.95. The Morgan fingerprint density at radius 2 is 1.92 bits per heavy atom. The molecule has 1 atom stereocenters. The average Bonchev–Trinajstić information content (AvgIpc) is 2.15. The molecule has 1 aliphatic carbocycles. The molecule has 0 aromatic rings. The van der Waals surface area contributed by atoms with E-state index in [1.54, 1.807) is 0 Å². The third kappa shape index (κ3) is 3.35. The van der Waals surface area contributed by atoms with E-state index in [9.17, 15) is 0 Å². The van der Waals surface area contributed by atoms with E-state index in [1.165, 1.54) is 51.4 Å². The molecular weight excluding hydrogens is 168 g/mol. The summed E-state index contributed by atoms with van der Waals surface area (Å²) < 4.78 is 0. The number of hydrogen-bond donors (Lipinski definition) is 0. The zero-order valence-electron chi connectivity index (χ0n) is 8.19. The first-order valence-corrected chi connectivity index (χ1v) is 5.92. The van der Waals surface area contributed by atoms with Gasteiger partial charge in [-0.15, -0.1) is 11.6 Å². The molecule has 1 fully saturated rings. The Balaban J connectivity index is 2.15. The molecule has 1 saturated carbocycles. The fourth-order valence-corrected chi connectivity index (χ4v) is 2.54. The van der Waals surface area contributed by atoms with Crippen LogP contribution in [-0.4, -0.2) is 5.38 Å². The molecular formula is C11H21Cl. The second-order valence-corrected chi connectivity index (χ2v) is 4.62. The molecule has 1 aliphatic rings. The van der Waals surface area contributed by atoms with Crippen molar-refractivity contribution in [3.8, 4) is 0 Å². The Bertz CT molecular complexity index is 106. The summed E-state index contributed by atoms with van der Waals surface area (Å²) in [6, 6.07) is 0. The lowest BCUT2D eigenvalue weighted by Crippen LogP contribution is -2.17. The summed E-state index contributed by atoms with van der Waals surface area (Å²) in [5.74, 6) is 0.840. The van der Waals surface area contributed by atoms with Crippen molar-refractivity contribution in [3.05, 3.63) is 0 Å². The maximum Gasteiger partial charge on any atom is 0.0364 e. The summed E-state index contributed by atoms with van der Waals surface area (Å²) in [6.07, 6.45) is 10.9. The van der Waals surface area contributed by atoms with Gasteiger partial charge in [0.25, 0.3) is 0 Å². The van der Waals surface area contributed by atoms with Crippen LogP contribution in [0.1, 0.15) is 58.3 Å². The minimum absolute atomic E-state index is 0.477. The van der Waals surface area contributed by atoms with Crippen molar-refractivity contribution < 1.29 is 0 Å². The standard InChI is InChI=1S/C11H21Cl/c1-2-3-9-11(12)10-7-5-4-6-8-10/h10-11H,2-9H2,1H3. The van der Waals surface area contributed by atoms with Gasteiger partial charge < -0.3 is 0 Å². The van der Waals surface area contributed by atoms with Crippen LogP contribution >= 0.6 is 11.6 Å². The van der Waals surface area contributed by atoms with E-state index in [4.69, 9.17) is 11.6 Å². The van der Waals surface area contributed by atoms with Gasteiger partial charge in [-0.1, -0.05) is 39.0 Å². The van der Waals surface area contributed by atoms with E-state index in [0.29, 0.717) is 5.38 Å². The molecule has 0 nitrogen and oxygen atoms in total. The molecule has 0 spiro atoms. The van der Waals surface area contributed by atoms with Gasteiger partial charge in [-0.3, -0.25) is 0 Å². The highest BCUT2D eigenvalue weighted by Crippen LogP contribution is 2.31. The largest absolute Gasteiger partial charge is 0.123 e. The molecule has 0 saturated heterocycles. The second kappa shape index (κ2) is 5.85. The number of hydrogen-bond acceptors (Lipinski definition) is 0. The molecule has 0 radical (unpaired) electrons. The van der Waals surface area contributed by atoms with Crippen molar-refractivity contribution in [1.29, 1.82) is 0 Å². The Morgan fingerprint density at radius 3 is 2.50 bits per heavy atom. The van der Waals surface area contributed by atoms with Crippen molar-refractivity contribution >= 4 is 11.6 Å². The van der Waals surface area contributed by atoms with Gasteiger partial charge >= 0.3 is 0 Å². The van der Waals surface area contributed by atoms with Gasteiger partial charge in [0.2, 0.25) is 0 Å². The second-order valence-electron chi connectivity index (χ2n) is 4.06. The van der Waals surface area contributed by atoms with Crippen LogP contribution < -0.4 is 0 Å². The van der Waals surface area contributed by atoms with Crippen molar-refractivity contribution in [2.24, 2.45) is 5.92 Å². The molecule has 1 rings (SSSR count). The van der Waals surface area contributed by atoms with E-state index in [2.05, 4.69) is 6.92 Å². The monoisotopic (exact) mass is 188 g/mol. The highest BCUT2D eigenvalue weighted by molar-refractivity contribution is 6.20. The topological polar surface area (TPSA) is 0 Å². The minimum atomic E-state index is 0.477. The highest BCUT2D eigenvalue weighted by Gasteiger charge is 2.20. The molecule has 0 aromatic heterocycles. The molecule has 0 aliphatic heterocycles. The minimum Gasteiger partial charge on any atom is -0.123 e. The van der Waals surface area contributed by atoms with Gasteiger partial charge in [0.1, 0.15) is 0 Å². The van der Waals surface area contributed by atoms with Crippen LogP contribution in [0.2, 0.25) is 0 Å². The summed E-state index contributed by atoms with van der Waals surface area (Å²) in [6.45, 7) is 2.24. The summed E-state index contributed by atoms with van der Waals surface area (Å²) in [5, 5.41) is 0.477. The SMILES string of the molecule is CCCCC(Cl)C1CCCCC1. The summed E-state index contributed by atoms with van der Waals surface area (Å²) in [5.41, 5.74) is 0. The summed E-state index contributed by atoms with van der Waals surface area (Å²) in [4.78, 5) is 0. The van der Waals surface area contributed by atoms with Crippen molar-refractivity contribution in [2.45, 2.75) is 63.7 Å². The Labute approximate surface area is 81.7 Å². The number of alkyl halides is 1. The smallest absolute Gasteiger partial charge is 0.0364 e. The first kappa shape index (κ1) is 10.4. The first-order chi connectivity index (χ1) is 5.84. The molecule has 1 unspecified atom stereocenters. The molecule has 0 aromatic carbocycles. The van der Waals surface area contributed by atoms with Crippen molar-refractivity contribution in [2.75, 3.05) is 0 Å². The van der Waals surface area contributed by atoms with Gasteiger partial charge in [-0.05, 0) is 25.2 Å². The third-order valence-corrected chi connectivity index (χ3v) is 3.57. The normalized spacial score (nSPS) is 22.5. The molecule has 72 valence electrons. The van der Waals surface area contributed by atoms with Crippen LogP contribution in [0.15, 0.2) is 0 Å². The van der Waals surface area contributed by atoms with E-state index in [1.807, 2.05) is 0 Å².